The van der Waals surface area contributed by atoms with Crippen LogP contribution >= 0.6 is 23.4 Å². The third kappa shape index (κ3) is 4.17. The second-order valence-corrected chi connectivity index (χ2v) is 7.65. The zero-order chi connectivity index (χ0) is 19.6. The molecule has 0 aliphatic rings. The van der Waals surface area contributed by atoms with E-state index in [1.165, 1.54) is 11.8 Å². The van der Waals surface area contributed by atoms with Crippen molar-refractivity contribution in [2.75, 3.05) is 12.9 Å². The van der Waals surface area contributed by atoms with Crippen LogP contribution in [0.3, 0.4) is 0 Å². The first-order valence-corrected chi connectivity index (χ1v) is 9.79. The van der Waals surface area contributed by atoms with Crippen molar-refractivity contribution in [1.82, 2.24) is 9.55 Å². The summed E-state index contributed by atoms with van der Waals surface area (Å²) >= 11 is 7.29. The van der Waals surface area contributed by atoms with Gasteiger partial charge in [0.25, 0.3) is 5.56 Å². The maximum atomic E-state index is 12.9. The van der Waals surface area contributed by atoms with E-state index in [1.807, 2.05) is 13.8 Å². The average Bonchev–Trinajstić information content (AvgIpc) is 2.65. The minimum atomic E-state index is -0.136. The van der Waals surface area contributed by atoms with Crippen molar-refractivity contribution in [3.63, 3.8) is 0 Å². The molecule has 0 radical (unpaired) electrons. The molecule has 3 rings (SSSR count). The van der Waals surface area contributed by atoms with Gasteiger partial charge in [-0.15, -0.1) is 0 Å². The smallest absolute Gasteiger partial charge is 0.262 e. The summed E-state index contributed by atoms with van der Waals surface area (Å²) in [5, 5.41) is 1.53. The summed E-state index contributed by atoms with van der Waals surface area (Å²) in [6.45, 7) is 3.83. The number of thioether (sulfide) groups is 1. The van der Waals surface area contributed by atoms with Crippen molar-refractivity contribution in [1.29, 1.82) is 0 Å². The van der Waals surface area contributed by atoms with Gasteiger partial charge in [0.2, 0.25) is 0 Å². The van der Waals surface area contributed by atoms with Gasteiger partial charge >= 0.3 is 0 Å². The fourth-order valence-electron chi connectivity index (χ4n) is 2.72. The highest BCUT2D eigenvalue weighted by Crippen LogP contribution is 2.24. The molecule has 0 unspecified atom stereocenters. The molecular weight excluding hydrogens is 384 g/mol. The lowest BCUT2D eigenvalue weighted by Crippen LogP contribution is -2.25. The quantitative estimate of drug-likeness (QED) is 0.342. The van der Waals surface area contributed by atoms with E-state index in [0.717, 1.165) is 0 Å². The molecule has 0 atom stereocenters. The lowest BCUT2D eigenvalue weighted by molar-refractivity contribution is 0.102. The molecule has 27 heavy (non-hydrogen) atoms. The molecule has 3 aromatic rings. The van der Waals surface area contributed by atoms with E-state index in [-0.39, 0.29) is 23.1 Å². The van der Waals surface area contributed by atoms with Gasteiger partial charge in [-0.2, -0.15) is 0 Å². The highest BCUT2D eigenvalue weighted by Gasteiger charge is 2.16. The van der Waals surface area contributed by atoms with Crippen LogP contribution in [0.2, 0.25) is 5.02 Å². The minimum absolute atomic E-state index is 0.0605. The molecule has 0 fully saturated rings. The number of carbonyl (C=O) groups excluding carboxylic acids is 1. The fourth-order valence-corrected chi connectivity index (χ4v) is 3.91. The number of benzene rings is 2. The van der Waals surface area contributed by atoms with Crippen LogP contribution in [-0.4, -0.2) is 28.2 Å². The lowest BCUT2D eigenvalue weighted by atomic mass is 10.1. The molecule has 0 spiro atoms. The second-order valence-electron chi connectivity index (χ2n) is 6.27. The molecule has 1 aromatic heterocycles. The topological polar surface area (TPSA) is 61.2 Å². The van der Waals surface area contributed by atoms with Crippen molar-refractivity contribution in [3.05, 3.63) is 63.4 Å². The first-order chi connectivity index (χ1) is 12.9. The number of Topliss-reactive ketones (excluding diaryl/α,β-unsaturated/α-hetero) is 1. The number of aromatic nitrogens is 2. The van der Waals surface area contributed by atoms with E-state index in [4.69, 9.17) is 16.3 Å². The van der Waals surface area contributed by atoms with Crippen molar-refractivity contribution in [2.45, 2.75) is 25.0 Å². The summed E-state index contributed by atoms with van der Waals surface area (Å²) in [4.78, 5) is 30.0. The van der Waals surface area contributed by atoms with E-state index in [2.05, 4.69) is 4.98 Å². The van der Waals surface area contributed by atoms with Gasteiger partial charge in [-0.1, -0.05) is 35.5 Å². The summed E-state index contributed by atoms with van der Waals surface area (Å²) in [5.41, 5.74) is 0.952. The number of nitrogens with zero attached hydrogens (tertiary/aromatic N) is 2. The van der Waals surface area contributed by atoms with E-state index in [0.29, 0.717) is 32.4 Å². The van der Waals surface area contributed by atoms with Gasteiger partial charge in [-0.3, -0.25) is 14.2 Å². The second kappa shape index (κ2) is 8.15. The van der Waals surface area contributed by atoms with Crippen LogP contribution in [0, 0.1) is 0 Å². The SMILES string of the molecule is COc1cccc(C(=O)CSc2nc3cc(Cl)ccc3c(=O)n2C(C)C)c1. The Hall–Kier alpha value is -2.31. The number of hydrogen-bond acceptors (Lipinski definition) is 5. The Bertz CT molecular complexity index is 1060. The third-order valence-corrected chi connectivity index (χ3v) is 5.26. The highest BCUT2D eigenvalue weighted by molar-refractivity contribution is 7.99. The van der Waals surface area contributed by atoms with Gasteiger partial charge in [0.05, 0.1) is 23.8 Å². The number of carbonyl (C=O) groups is 1. The van der Waals surface area contributed by atoms with E-state index >= 15 is 0 Å². The Morgan fingerprint density at radius 3 is 2.74 bits per heavy atom. The van der Waals surface area contributed by atoms with E-state index in [1.54, 1.807) is 54.1 Å². The standard InChI is InChI=1S/C20H19ClN2O3S/c1-12(2)23-19(25)16-8-7-14(21)10-17(16)22-20(23)27-11-18(24)13-5-4-6-15(9-13)26-3/h4-10,12H,11H2,1-3H3. The van der Waals surface area contributed by atoms with Gasteiger partial charge in [0.1, 0.15) is 5.75 Å². The largest absolute Gasteiger partial charge is 0.497 e. The van der Waals surface area contributed by atoms with Gasteiger partial charge < -0.3 is 4.74 Å². The Balaban J connectivity index is 1.94. The summed E-state index contributed by atoms with van der Waals surface area (Å²) in [7, 11) is 1.56. The Morgan fingerprint density at radius 1 is 1.26 bits per heavy atom. The van der Waals surface area contributed by atoms with Gasteiger partial charge in [-0.05, 0) is 44.2 Å². The van der Waals surface area contributed by atoms with Crippen LogP contribution in [0.15, 0.2) is 52.4 Å². The molecular formula is C20H19ClN2O3S. The van der Waals surface area contributed by atoms with E-state index < -0.39 is 0 Å². The number of fused-ring (bicyclic) bond motifs is 1. The van der Waals surface area contributed by atoms with Crippen LogP contribution in [0.4, 0.5) is 0 Å². The zero-order valence-corrected chi connectivity index (χ0v) is 16.8. The van der Waals surface area contributed by atoms with Crippen LogP contribution in [0.5, 0.6) is 5.75 Å². The predicted molar refractivity (Wildman–Crippen MR) is 109 cm³/mol. The molecule has 0 aliphatic heterocycles. The molecule has 140 valence electrons. The van der Waals surface area contributed by atoms with Crippen molar-refractivity contribution < 1.29 is 9.53 Å². The molecule has 7 heteroatoms. The molecule has 2 aromatic carbocycles. The molecule has 0 saturated heterocycles. The molecule has 5 nitrogen and oxygen atoms in total. The van der Waals surface area contributed by atoms with Crippen LogP contribution in [0.25, 0.3) is 10.9 Å². The Kier molecular flexibility index (Phi) is 5.87. The Labute approximate surface area is 166 Å². The van der Waals surface area contributed by atoms with Gasteiger partial charge in [-0.25, -0.2) is 4.98 Å². The number of halogens is 1. The highest BCUT2D eigenvalue weighted by atomic mass is 35.5. The van der Waals surface area contributed by atoms with Crippen LogP contribution in [-0.2, 0) is 0 Å². The summed E-state index contributed by atoms with van der Waals surface area (Å²) in [6, 6.07) is 11.9. The molecule has 0 N–H and O–H groups in total. The van der Waals surface area contributed by atoms with Crippen molar-refractivity contribution >= 4 is 40.0 Å². The van der Waals surface area contributed by atoms with Crippen LogP contribution in [0.1, 0.15) is 30.2 Å². The summed E-state index contributed by atoms with van der Waals surface area (Å²) in [5.74, 6) is 0.733. The van der Waals surface area contributed by atoms with E-state index in [9.17, 15) is 9.59 Å². The normalized spacial score (nSPS) is 11.1. The molecule has 0 aliphatic carbocycles. The molecule has 0 saturated carbocycles. The maximum absolute atomic E-state index is 12.9. The van der Waals surface area contributed by atoms with Crippen molar-refractivity contribution in [3.8, 4) is 5.75 Å². The number of hydrogen-bond donors (Lipinski definition) is 0. The average molecular weight is 403 g/mol. The number of ketones is 1. The molecule has 1 heterocycles. The number of rotatable bonds is 6. The van der Waals surface area contributed by atoms with Gasteiger partial charge in [0, 0.05) is 16.6 Å². The summed E-state index contributed by atoms with van der Waals surface area (Å²) in [6.07, 6.45) is 0. The Morgan fingerprint density at radius 2 is 2.04 bits per heavy atom. The molecule has 0 amide bonds. The first-order valence-electron chi connectivity index (χ1n) is 8.42. The van der Waals surface area contributed by atoms with Gasteiger partial charge in [0.15, 0.2) is 10.9 Å². The zero-order valence-electron chi connectivity index (χ0n) is 15.2. The maximum Gasteiger partial charge on any atom is 0.262 e. The van der Waals surface area contributed by atoms with Crippen molar-refractivity contribution in [2.24, 2.45) is 0 Å². The first kappa shape index (κ1) is 19.5. The predicted octanol–water partition coefficient (Wildman–Crippen LogP) is 4.61. The van der Waals surface area contributed by atoms with Crippen LogP contribution < -0.4 is 10.3 Å². The minimum Gasteiger partial charge on any atom is -0.497 e. The third-order valence-electron chi connectivity index (χ3n) is 4.07. The number of methoxy groups -OCH3 is 1. The number of ether oxygens (including phenoxy) is 1. The molecule has 0 bridgehead atoms. The lowest BCUT2D eigenvalue weighted by Gasteiger charge is -2.16. The summed E-state index contributed by atoms with van der Waals surface area (Å²) < 4.78 is 6.78. The monoisotopic (exact) mass is 402 g/mol. The fraction of sp³-hybridized carbons (Fsp3) is 0.250.